The molecule has 0 amide bonds. The Kier molecular flexibility index (Phi) is 4.08. The van der Waals surface area contributed by atoms with E-state index in [1.807, 2.05) is 20.8 Å². The molecule has 0 saturated heterocycles. The van der Waals surface area contributed by atoms with Gasteiger partial charge in [-0.2, -0.15) is 0 Å². The van der Waals surface area contributed by atoms with Crippen molar-refractivity contribution in [2.45, 2.75) is 44.6 Å². The van der Waals surface area contributed by atoms with Crippen molar-refractivity contribution in [2.24, 2.45) is 5.73 Å². The lowest BCUT2D eigenvalue weighted by atomic mass is 9.86. The van der Waals surface area contributed by atoms with Crippen molar-refractivity contribution >= 4 is 9.84 Å². The Labute approximate surface area is 109 Å². The third-order valence-corrected chi connectivity index (χ3v) is 4.70. The molecule has 1 aromatic rings. The minimum absolute atomic E-state index is 0.0159. The van der Waals surface area contributed by atoms with E-state index in [-0.39, 0.29) is 28.4 Å². The fourth-order valence-electron chi connectivity index (χ4n) is 1.65. The summed E-state index contributed by atoms with van der Waals surface area (Å²) in [4.78, 5) is -0.0159. The lowest BCUT2D eigenvalue weighted by Gasteiger charge is -2.22. The molecule has 0 spiro atoms. The standard InChI is InChI=1S/C13H21NO3S/c1-5-18(16,17)11-7-10(13(2,3)4)6-9(8-14)12(11)15/h6-7,15H,5,8,14H2,1-4H3. The Balaban J connectivity index is 3.62. The first-order chi connectivity index (χ1) is 8.13. The SMILES string of the molecule is CCS(=O)(=O)c1cc(C(C)(C)C)cc(CN)c1O. The molecule has 0 radical (unpaired) electrons. The molecule has 0 saturated carbocycles. The van der Waals surface area contributed by atoms with Gasteiger partial charge in [-0.3, -0.25) is 0 Å². The summed E-state index contributed by atoms with van der Waals surface area (Å²) in [5.74, 6) is -0.259. The molecule has 1 rings (SSSR count). The maximum atomic E-state index is 12.0. The molecule has 0 unspecified atom stereocenters. The summed E-state index contributed by atoms with van der Waals surface area (Å²) < 4.78 is 23.9. The van der Waals surface area contributed by atoms with Crippen LogP contribution in [-0.4, -0.2) is 19.3 Å². The van der Waals surface area contributed by atoms with E-state index in [0.29, 0.717) is 5.56 Å². The highest BCUT2D eigenvalue weighted by Crippen LogP contribution is 2.34. The Hall–Kier alpha value is -1.07. The predicted octanol–water partition coefficient (Wildman–Crippen LogP) is 1.94. The molecule has 0 bridgehead atoms. The predicted molar refractivity (Wildman–Crippen MR) is 72.4 cm³/mol. The van der Waals surface area contributed by atoms with Crippen LogP contribution in [0.15, 0.2) is 17.0 Å². The normalized spacial score (nSPS) is 12.7. The van der Waals surface area contributed by atoms with Gasteiger partial charge in [-0.25, -0.2) is 8.42 Å². The molecule has 0 fully saturated rings. The molecule has 0 aliphatic carbocycles. The van der Waals surface area contributed by atoms with Gasteiger partial charge in [0.15, 0.2) is 9.84 Å². The molecule has 0 aliphatic heterocycles. The van der Waals surface area contributed by atoms with Gasteiger partial charge in [0.2, 0.25) is 0 Å². The molecular formula is C13H21NO3S. The van der Waals surface area contributed by atoms with Gasteiger partial charge in [0.05, 0.1) is 5.75 Å². The van der Waals surface area contributed by atoms with Crippen LogP contribution in [0.25, 0.3) is 0 Å². The molecule has 5 heteroatoms. The first-order valence-corrected chi connectivity index (χ1v) is 7.58. The van der Waals surface area contributed by atoms with Crippen LogP contribution < -0.4 is 5.73 Å². The fraction of sp³-hybridized carbons (Fsp3) is 0.538. The van der Waals surface area contributed by atoms with Crippen molar-refractivity contribution in [3.05, 3.63) is 23.3 Å². The van der Waals surface area contributed by atoms with Crippen molar-refractivity contribution in [2.75, 3.05) is 5.75 Å². The zero-order valence-electron chi connectivity index (χ0n) is 11.3. The van der Waals surface area contributed by atoms with Gasteiger partial charge in [-0.15, -0.1) is 0 Å². The van der Waals surface area contributed by atoms with Crippen LogP contribution in [-0.2, 0) is 21.8 Å². The van der Waals surface area contributed by atoms with Gasteiger partial charge < -0.3 is 10.8 Å². The molecular weight excluding hydrogens is 250 g/mol. The number of phenols is 1. The second-order valence-corrected chi connectivity index (χ2v) is 7.59. The molecule has 0 atom stereocenters. The van der Waals surface area contributed by atoms with E-state index >= 15 is 0 Å². The average Bonchev–Trinajstić information content (AvgIpc) is 2.27. The van der Waals surface area contributed by atoms with Crippen LogP contribution >= 0.6 is 0 Å². The fourth-order valence-corrected chi connectivity index (χ4v) is 2.69. The highest BCUT2D eigenvalue weighted by molar-refractivity contribution is 7.91. The largest absolute Gasteiger partial charge is 0.506 e. The zero-order chi connectivity index (χ0) is 14.1. The van der Waals surface area contributed by atoms with Gasteiger partial charge in [0.1, 0.15) is 10.6 Å². The van der Waals surface area contributed by atoms with Crippen molar-refractivity contribution < 1.29 is 13.5 Å². The van der Waals surface area contributed by atoms with Crippen LogP contribution in [0.5, 0.6) is 5.75 Å². The Morgan fingerprint density at radius 3 is 2.22 bits per heavy atom. The highest BCUT2D eigenvalue weighted by Gasteiger charge is 2.24. The number of rotatable bonds is 3. The van der Waals surface area contributed by atoms with Gasteiger partial charge >= 0.3 is 0 Å². The van der Waals surface area contributed by atoms with E-state index < -0.39 is 9.84 Å². The van der Waals surface area contributed by atoms with Gasteiger partial charge in [0, 0.05) is 12.1 Å². The van der Waals surface area contributed by atoms with Gasteiger partial charge in [0.25, 0.3) is 0 Å². The molecule has 0 aromatic heterocycles. The minimum Gasteiger partial charge on any atom is -0.506 e. The molecule has 18 heavy (non-hydrogen) atoms. The Morgan fingerprint density at radius 2 is 1.83 bits per heavy atom. The quantitative estimate of drug-likeness (QED) is 0.880. The third kappa shape index (κ3) is 2.84. The number of hydrogen-bond acceptors (Lipinski definition) is 4. The molecule has 0 heterocycles. The summed E-state index contributed by atoms with van der Waals surface area (Å²) >= 11 is 0. The smallest absolute Gasteiger partial charge is 0.181 e. The first-order valence-electron chi connectivity index (χ1n) is 5.92. The average molecular weight is 271 g/mol. The second-order valence-electron chi connectivity index (χ2n) is 5.34. The second kappa shape index (κ2) is 4.90. The summed E-state index contributed by atoms with van der Waals surface area (Å²) in [6.07, 6.45) is 0. The van der Waals surface area contributed by atoms with Crippen LogP contribution in [0.1, 0.15) is 38.8 Å². The van der Waals surface area contributed by atoms with E-state index in [4.69, 9.17) is 5.73 Å². The highest BCUT2D eigenvalue weighted by atomic mass is 32.2. The number of phenolic OH excluding ortho intramolecular Hbond substituents is 1. The van der Waals surface area contributed by atoms with Crippen molar-refractivity contribution in [3.63, 3.8) is 0 Å². The van der Waals surface area contributed by atoms with Crippen molar-refractivity contribution in [1.29, 1.82) is 0 Å². The van der Waals surface area contributed by atoms with E-state index in [2.05, 4.69) is 0 Å². The number of sulfone groups is 1. The van der Waals surface area contributed by atoms with E-state index in [1.54, 1.807) is 19.1 Å². The van der Waals surface area contributed by atoms with E-state index in [9.17, 15) is 13.5 Å². The third-order valence-electron chi connectivity index (χ3n) is 2.95. The van der Waals surface area contributed by atoms with Crippen molar-refractivity contribution in [1.82, 2.24) is 0 Å². The van der Waals surface area contributed by atoms with Crippen LogP contribution in [0, 0.1) is 0 Å². The molecule has 4 nitrogen and oxygen atoms in total. The summed E-state index contributed by atoms with van der Waals surface area (Å²) in [7, 11) is -3.45. The minimum atomic E-state index is -3.45. The van der Waals surface area contributed by atoms with Crippen molar-refractivity contribution in [3.8, 4) is 5.75 Å². The Morgan fingerprint density at radius 1 is 1.28 bits per heavy atom. The zero-order valence-corrected chi connectivity index (χ0v) is 12.1. The van der Waals surface area contributed by atoms with Crippen LogP contribution in [0.3, 0.4) is 0 Å². The maximum absolute atomic E-state index is 12.0. The number of benzene rings is 1. The monoisotopic (exact) mass is 271 g/mol. The number of aromatic hydroxyl groups is 1. The lowest BCUT2D eigenvalue weighted by Crippen LogP contribution is -2.15. The van der Waals surface area contributed by atoms with E-state index in [1.165, 1.54) is 0 Å². The van der Waals surface area contributed by atoms with Crippen LogP contribution in [0.2, 0.25) is 0 Å². The topological polar surface area (TPSA) is 80.4 Å². The lowest BCUT2D eigenvalue weighted by molar-refractivity contribution is 0.449. The Bertz CT molecular complexity index is 542. The molecule has 3 N–H and O–H groups in total. The van der Waals surface area contributed by atoms with Gasteiger partial charge in [-0.05, 0) is 17.0 Å². The first kappa shape index (κ1) is 15.0. The van der Waals surface area contributed by atoms with E-state index in [0.717, 1.165) is 5.56 Å². The summed E-state index contributed by atoms with van der Waals surface area (Å²) in [5, 5.41) is 9.99. The summed E-state index contributed by atoms with van der Waals surface area (Å²) in [6, 6.07) is 3.32. The summed E-state index contributed by atoms with van der Waals surface area (Å²) in [5.41, 5.74) is 6.68. The van der Waals surface area contributed by atoms with Gasteiger partial charge in [-0.1, -0.05) is 33.8 Å². The number of hydrogen-bond donors (Lipinski definition) is 2. The van der Waals surface area contributed by atoms with Crippen LogP contribution in [0.4, 0.5) is 0 Å². The number of nitrogens with two attached hydrogens (primary N) is 1. The maximum Gasteiger partial charge on any atom is 0.181 e. The molecule has 1 aromatic carbocycles. The molecule has 0 aliphatic rings. The summed E-state index contributed by atoms with van der Waals surface area (Å²) in [6.45, 7) is 7.63. The molecule has 102 valence electrons.